The predicted molar refractivity (Wildman–Crippen MR) is 107 cm³/mol. The first kappa shape index (κ1) is 17.6. The van der Waals surface area contributed by atoms with Gasteiger partial charge < -0.3 is 9.80 Å². The van der Waals surface area contributed by atoms with Gasteiger partial charge in [0.2, 0.25) is 5.91 Å². The summed E-state index contributed by atoms with van der Waals surface area (Å²) in [7, 11) is 0. The highest BCUT2D eigenvalue weighted by molar-refractivity contribution is 5.77. The molecule has 4 heterocycles. The summed E-state index contributed by atoms with van der Waals surface area (Å²) in [6, 6.07) is 5.92. The Labute approximate surface area is 166 Å². The summed E-state index contributed by atoms with van der Waals surface area (Å²) in [6.45, 7) is 3.48. The maximum absolute atomic E-state index is 12.6. The van der Waals surface area contributed by atoms with Crippen molar-refractivity contribution in [3.63, 3.8) is 0 Å². The summed E-state index contributed by atoms with van der Waals surface area (Å²) in [5.41, 5.74) is 3.73. The normalized spacial score (nSPS) is 24.6. The van der Waals surface area contributed by atoms with E-state index in [0.717, 1.165) is 56.8 Å². The Morgan fingerprint density at radius 2 is 1.96 bits per heavy atom. The molecule has 1 unspecified atom stereocenters. The van der Waals surface area contributed by atoms with Crippen molar-refractivity contribution >= 4 is 11.7 Å². The number of pyridine rings is 1. The van der Waals surface area contributed by atoms with Crippen LogP contribution in [-0.4, -0.2) is 45.4 Å². The molecule has 2 aromatic rings. The van der Waals surface area contributed by atoms with E-state index in [4.69, 9.17) is 0 Å². The lowest BCUT2D eigenvalue weighted by molar-refractivity contribution is -0.138. The van der Waals surface area contributed by atoms with Gasteiger partial charge in [-0.2, -0.15) is 0 Å². The smallest absolute Gasteiger partial charge is 0.222 e. The van der Waals surface area contributed by atoms with E-state index in [9.17, 15) is 4.79 Å². The van der Waals surface area contributed by atoms with Gasteiger partial charge in [0.05, 0.1) is 12.2 Å². The van der Waals surface area contributed by atoms with Crippen molar-refractivity contribution in [2.24, 2.45) is 5.41 Å². The first-order valence-corrected chi connectivity index (χ1v) is 10.5. The van der Waals surface area contributed by atoms with Crippen LogP contribution in [0.25, 0.3) is 0 Å². The number of aryl methyl sites for hydroxylation is 1. The molecule has 0 saturated carbocycles. The van der Waals surface area contributed by atoms with Crippen LogP contribution in [0.2, 0.25) is 0 Å². The minimum Gasteiger partial charge on any atom is -0.356 e. The number of amides is 1. The fraction of sp³-hybridized carbons (Fsp3) is 0.545. The molecular weight excluding hydrogens is 350 g/mol. The van der Waals surface area contributed by atoms with Crippen molar-refractivity contribution in [3.05, 3.63) is 47.7 Å². The van der Waals surface area contributed by atoms with Gasteiger partial charge in [0.25, 0.3) is 0 Å². The molecule has 2 aromatic heterocycles. The molecule has 6 heteroatoms. The Hall–Kier alpha value is -2.50. The van der Waals surface area contributed by atoms with Gasteiger partial charge in [-0.25, -0.2) is 9.97 Å². The standard InChI is InChI=1S/C22H27N5O/c28-20-8-10-22(15-27(20)13-17-5-1-2-11-23-17)9-4-12-26(14-22)21-18-6-3-7-19(18)24-16-25-21/h1-2,5,11,16H,3-4,6-10,12-15H2. The largest absolute Gasteiger partial charge is 0.356 e. The van der Waals surface area contributed by atoms with Crippen LogP contribution < -0.4 is 4.90 Å². The van der Waals surface area contributed by atoms with Crippen LogP contribution in [0.15, 0.2) is 30.7 Å². The van der Waals surface area contributed by atoms with E-state index in [2.05, 4.69) is 19.9 Å². The summed E-state index contributed by atoms with van der Waals surface area (Å²) in [6.07, 6.45) is 10.9. The number of anilines is 1. The van der Waals surface area contributed by atoms with Crippen molar-refractivity contribution in [2.45, 2.75) is 51.5 Å². The average Bonchev–Trinajstić information content (AvgIpc) is 3.21. The Bertz CT molecular complexity index is 870. The Morgan fingerprint density at radius 1 is 1.00 bits per heavy atom. The van der Waals surface area contributed by atoms with Crippen molar-refractivity contribution < 1.29 is 4.79 Å². The molecule has 1 aliphatic carbocycles. The first-order chi connectivity index (χ1) is 13.7. The maximum atomic E-state index is 12.6. The van der Waals surface area contributed by atoms with E-state index in [1.165, 1.54) is 24.1 Å². The predicted octanol–water partition coefficient (Wildman–Crippen LogP) is 2.77. The van der Waals surface area contributed by atoms with E-state index >= 15 is 0 Å². The summed E-state index contributed by atoms with van der Waals surface area (Å²) in [4.78, 5) is 30.7. The van der Waals surface area contributed by atoms with Crippen LogP contribution in [0.1, 0.15) is 49.1 Å². The van der Waals surface area contributed by atoms with Crippen LogP contribution in [0, 0.1) is 5.41 Å². The third-order valence-electron chi connectivity index (χ3n) is 6.64. The van der Waals surface area contributed by atoms with E-state index in [-0.39, 0.29) is 11.3 Å². The SMILES string of the molecule is O=C1CCC2(CCCN(c3ncnc4c3CCC4)C2)CN1Cc1ccccn1. The molecule has 0 N–H and O–H groups in total. The third kappa shape index (κ3) is 3.25. The molecule has 2 aliphatic heterocycles. The number of piperidine rings is 2. The Morgan fingerprint density at radius 3 is 2.86 bits per heavy atom. The molecule has 6 nitrogen and oxygen atoms in total. The number of aromatic nitrogens is 3. The summed E-state index contributed by atoms with van der Waals surface area (Å²) < 4.78 is 0. The zero-order chi connectivity index (χ0) is 19.0. The van der Waals surface area contributed by atoms with Gasteiger partial charge in [0.1, 0.15) is 12.1 Å². The average molecular weight is 377 g/mol. The first-order valence-electron chi connectivity index (χ1n) is 10.5. The van der Waals surface area contributed by atoms with Crippen LogP contribution in [0.5, 0.6) is 0 Å². The molecule has 2 fully saturated rings. The van der Waals surface area contributed by atoms with E-state index in [1.54, 1.807) is 12.5 Å². The van der Waals surface area contributed by atoms with Gasteiger partial charge in [-0.15, -0.1) is 0 Å². The second-order valence-electron chi connectivity index (χ2n) is 8.57. The van der Waals surface area contributed by atoms with E-state index in [0.29, 0.717) is 13.0 Å². The van der Waals surface area contributed by atoms with Crippen LogP contribution in [-0.2, 0) is 24.2 Å². The van der Waals surface area contributed by atoms with Crippen LogP contribution in [0.3, 0.4) is 0 Å². The third-order valence-corrected chi connectivity index (χ3v) is 6.64. The molecule has 146 valence electrons. The second kappa shape index (κ2) is 7.15. The van der Waals surface area contributed by atoms with Crippen molar-refractivity contribution in [3.8, 4) is 0 Å². The van der Waals surface area contributed by atoms with Gasteiger partial charge in [-0.1, -0.05) is 6.07 Å². The monoisotopic (exact) mass is 377 g/mol. The minimum absolute atomic E-state index is 0.164. The molecule has 0 radical (unpaired) electrons. The highest BCUT2D eigenvalue weighted by Crippen LogP contribution is 2.41. The molecule has 1 atom stereocenters. The zero-order valence-corrected chi connectivity index (χ0v) is 16.3. The maximum Gasteiger partial charge on any atom is 0.222 e. The minimum atomic E-state index is 0.164. The number of rotatable bonds is 3. The molecule has 0 aromatic carbocycles. The highest BCUT2D eigenvalue weighted by atomic mass is 16.2. The molecular formula is C22H27N5O. The van der Waals surface area contributed by atoms with Gasteiger partial charge in [-0.3, -0.25) is 9.78 Å². The summed E-state index contributed by atoms with van der Waals surface area (Å²) >= 11 is 0. The zero-order valence-electron chi connectivity index (χ0n) is 16.3. The topological polar surface area (TPSA) is 62.2 Å². The molecule has 5 rings (SSSR count). The second-order valence-corrected chi connectivity index (χ2v) is 8.57. The lowest BCUT2D eigenvalue weighted by atomic mass is 9.73. The van der Waals surface area contributed by atoms with Crippen molar-refractivity contribution in [1.29, 1.82) is 0 Å². The molecule has 0 bridgehead atoms. The summed E-state index contributed by atoms with van der Waals surface area (Å²) in [5, 5.41) is 0. The molecule has 1 amide bonds. The lowest BCUT2D eigenvalue weighted by Crippen LogP contribution is -2.54. The number of likely N-dealkylation sites (tertiary alicyclic amines) is 1. The number of hydrogen-bond acceptors (Lipinski definition) is 5. The van der Waals surface area contributed by atoms with E-state index < -0.39 is 0 Å². The molecule has 1 spiro atoms. The van der Waals surface area contributed by atoms with Crippen molar-refractivity contribution in [1.82, 2.24) is 19.9 Å². The molecule has 3 aliphatic rings. The number of carbonyl (C=O) groups excluding carboxylic acids is 1. The van der Waals surface area contributed by atoms with Crippen molar-refractivity contribution in [2.75, 3.05) is 24.5 Å². The highest BCUT2D eigenvalue weighted by Gasteiger charge is 2.42. The fourth-order valence-electron chi connectivity index (χ4n) is 5.27. The van der Waals surface area contributed by atoms with Gasteiger partial charge in [0, 0.05) is 48.9 Å². The van der Waals surface area contributed by atoms with Gasteiger partial charge in [0.15, 0.2) is 0 Å². The summed E-state index contributed by atoms with van der Waals surface area (Å²) in [5.74, 6) is 1.41. The molecule has 28 heavy (non-hydrogen) atoms. The number of fused-ring (bicyclic) bond motifs is 1. The molecule has 2 saturated heterocycles. The van der Waals surface area contributed by atoms with Gasteiger partial charge >= 0.3 is 0 Å². The Kier molecular flexibility index (Phi) is 4.49. The number of hydrogen-bond donors (Lipinski definition) is 0. The lowest BCUT2D eigenvalue weighted by Gasteiger charge is -2.48. The fourth-order valence-corrected chi connectivity index (χ4v) is 5.27. The van der Waals surface area contributed by atoms with Crippen LogP contribution >= 0.6 is 0 Å². The quantitative estimate of drug-likeness (QED) is 0.823. The Balaban J connectivity index is 1.36. The number of carbonyl (C=O) groups is 1. The van der Waals surface area contributed by atoms with Gasteiger partial charge in [-0.05, 0) is 50.7 Å². The number of nitrogens with zero attached hydrogens (tertiary/aromatic N) is 5. The van der Waals surface area contributed by atoms with E-state index in [1.807, 2.05) is 23.1 Å². The van der Waals surface area contributed by atoms with Crippen LogP contribution in [0.4, 0.5) is 5.82 Å².